The van der Waals surface area contributed by atoms with Crippen LogP contribution >= 0.6 is 15.9 Å². The van der Waals surface area contributed by atoms with Crippen LogP contribution in [0.1, 0.15) is 31.7 Å². The predicted molar refractivity (Wildman–Crippen MR) is 85.2 cm³/mol. The van der Waals surface area contributed by atoms with Crippen molar-refractivity contribution in [3.63, 3.8) is 0 Å². The van der Waals surface area contributed by atoms with Gasteiger partial charge in [0.2, 0.25) is 5.91 Å². The van der Waals surface area contributed by atoms with Crippen molar-refractivity contribution in [3.8, 4) is 0 Å². The summed E-state index contributed by atoms with van der Waals surface area (Å²) in [5.74, 6) is 0.00233. The summed E-state index contributed by atoms with van der Waals surface area (Å²) < 4.78 is 5.97. The van der Waals surface area contributed by atoms with E-state index >= 15 is 0 Å². The highest BCUT2D eigenvalue weighted by molar-refractivity contribution is 9.10. The maximum absolute atomic E-state index is 12.5. The molecule has 1 unspecified atom stereocenters. The molecular weight excluding hydrogens is 334 g/mol. The first-order valence-electron chi connectivity index (χ1n) is 7.15. The van der Waals surface area contributed by atoms with Crippen molar-refractivity contribution in [2.24, 2.45) is 0 Å². The molecule has 0 saturated heterocycles. The standard InChI is InChI=1S/C16H22BrNO3/c1-15(20,9-10-21-2)11-18-14(19)16(7-8-16)12-3-5-13(17)6-4-12/h3-6,20H,7-11H2,1-2H3,(H,18,19). The van der Waals surface area contributed by atoms with Crippen molar-refractivity contribution in [1.29, 1.82) is 0 Å². The normalized spacial score (nSPS) is 18.9. The molecule has 0 aromatic heterocycles. The number of benzene rings is 1. The lowest BCUT2D eigenvalue weighted by molar-refractivity contribution is -0.124. The fourth-order valence-corrected chi connectivity index (χ4v) is 2.66. The summed E-state index contributed by atoms with van der Waals surface area (Å²) in [6, 6.07) is 7.88. The molecule has 2 rings (SSSR count). The van der Waals surface area contributed by atoms with Crippen LogP contribution in [-0.4, -0.2) is 36.9 Å². The molecular formula is C16H22BrNO3. The molecule has 1 fully saturated rings. The van der Waals surface area contributed by atoms with Crippen molar-refractivity contribution in [3.05, 3.63) is 34.3 Å². The number of nitrogens with one attached hydrogen (secondary N) is 1. The van der Waals surface area contributed by atoms with Crippen LogP contribution in [0.2, 0.25) is 0 Å². The summed E-state index contributed by atoms with van der Waals surface area (Å²) in [4.78, 5) is 12.5. The van der Waals surface area contributed by atoms with Crippen molar-refractivity contribution in [1.82, 2.24) is 5.32 Å². The molecule has 5 heteroatoms. The molecule has 0 aliphatic heterocycles. The van der Waals surface area contributed by atoms with E-state index in [1.807, 2.05) is 24.3 Å². The van der Waals surface area contributed by atoms with Crippen molar-refractivity contribution in [2.75, 3.05) is 20.3 Å². The maximum atomic E-state index is 12.5. The number of rotatable bonds is 7. The number of carbonyl (C=O) groups is 1. The zero-order valence-corrected chi connectivity index (χ0v) is 14.1. The summed E-state index contributed by atoms with van der Waals surface area (Å²) in [6.07, 6.45) is 2.22. The number of methoxy groups -OCH3 is 1. The topological polar surface area (TPSA) is 58.6 Å². The monoisotopic (exact) mass is 355 g/mol. The lowest BCUT2D eigenvalue weighted by Gasteiger charge is -2.25. The van der Waals surface area contributed by atoms with Gasteiger partial charge in [-0.1, -0.05) is 28.1 Å². The second-order valence-corrected chi connectivity index (χ2v) is 6.93. The molecule has 0 spiro atoms. The second kappa shape index (κ2) is 6.46. The summed E-state index contributed by atoms with van der Waals surface area (Å²) in [5, 5.41) is 13.1. The number of carbonyl (C=O) groups excluding carboxylic acids is 1. The Kier molecular flexibility index (Phi) is 5.07. The minimum atomic E-state index is -0.943. The van der Waals surface area contributed by atoms with E-state index in [2.05, 4.69) is 21.2 Å². The van der Waals surface area contributed by atoms with Gasteiger partial charge in [-0.25, -0.2) is 0 Å². The molecule has 21 heavy (non-hydrogen) atoms. The molecule has 0 bridgehead atoms. The highest BCUT2D eigenvalue weighted by Crippen LogP contribution is 2.48. The third kappa shape index (κ3) is 4.05. The Balaban J connectivity index is 1.95. The van der Waals surface area contributed by atoms with E-state index in [9.17, 15) is 9.90 Å². The summed E-state index contributed by atoms with van der Waals surface area (Å²) in [5.41, 5.74) is -0.306. The zero-order valence-electron chi connectivity index (χ0n) is 12.5. The first kappa shape index (κ1) is 16.5. The van der Waals surface area contributed by atoms with E-state index in [4.69, 9.17) is 4.74 Å². The maximum Gasteiger partial charge on any atom is 0.230 e. The van der Waals surface area contributed by atoms with Crippen LogP contribution in [0, 0.1) is 0 Å². The predicted octanol–water partition coefficient (Wildman–Crippen LogP) is 2.38. The molecule has 1 aliphatic rings. The molecule has 1 aromatic rings. The summed E-state index contributed by atoms with van der Waals surface area (Å²) >= 11 is 3.41. The fraction of sp³-hybridized carbons (Fsp3) is 0.562. The number of halogens is 1. The Labute approximate surface area is 134 Å². The van der Waals surface area contributed by atoms with Gasteiger partial charge in [-0.05, 0) is 37.5 Å². The number of aliphatic hydroxyl groups is 1. The van der Waals surface area contributed by atoms with E-state index in [1.54, 1.807) is 14.0 Å². The highest BCUT2D eigenvalue weighted by Gasteiger charge is 2.51. The van der Waals surface area contributed by atoms with E-state index in [0.29, 0.717) is 13.0 Å². The Morgan fingerprint density at radius 1 is 1.43 bits per heavy atom. The van der Waals surface area contributed by atoms with Crippen molar-refractivity contribution in [2.45, 2.75) is 37.2 Å². The lowest BCUT2D eigenvalue weighted by Crippen LogP contribution is -2.45. The lowest BCUT2D eigenvalue weighted by atomic mass is 9.94. The van der Waals surface area contributed by atoms with Crippen LogP contribution in [0.3, 0.4) is 0 Å². The van der Waals surface area contributed by atoms with Crippen LogP contribution in [0.15, 0.2) is 28.7 Å². The Bertz CT molecular complexity index is 495. The Morgan fingerprint density at radius 2 is 2.05 bits per heavy atom. The van der Waals surface area contributed by atoms with Gasteiger partial charge in [0.25, 0.3) is 0 Å². The molecule has 0 heterocycles. The molecule has 1 saturated carbocycles. The highest BCUT2D eigenvalue weighted by atomic mass is 79.9. The largest absolute Gasteiger partial charge is 0.388 e. The van der Waals surface area contributed by atoms with Crippen LogP contribution < -0.4 is 5.32 Å². The third-order valence-electron chi connectivity index (χ3n) is 4.06. The number of hydrogen-bond acceptors (Lipinski definition) is 3. The molecule has 2 N–H and O–H groups in total. The first-order chi connectivity index (χ1) is 9.89. The van der Waals surface area contributed by atoms with E-state index in [-0.39, 0.29) is 12.5 Å². The Hall–Kier alpha value is -0.910. The molecule has 1 amide bonds. The minimum absolute atomic E-state index is 0.00233. The fourth-order valence-electron chi connectivity index (χ4n) is 2.39. The summed E-state index contributed by atoms with van der Waals surface area (Å²) in [7, 11) is 1.60. The molecule has 1 aliphatic carbocycles. The average molecular weight is 356 g/mol. The number of amides is 1. The van der Waals surface area contributed by atoms with Gasteiger partial charge in [-0.2, -0.15) is 0 Å². The van der Waals surface area contributed by atoms with Crippen LogP contribution in [0.5, 0.6) is 0 Å². The Morgan fingerprint density at radius 3 is 2.57 bits per heavy atom. The van der Waals surface area contributed by atoms with Crippen molar-refractivity contribution >= 4 is 21.8 Å². The molecule has 1 atom stereocenters. The smallest absolute Gasteiger partial charge is 0.230 e. The van der Waals surface area contributed by atoms with Gasteiger partial charge in [0.1, 0.15) is 0 Å². The number of hydrogen-bond donors (Lipinski definition) is 2. The SMILES string of the molecule is COCCC(C)(O)CNC(=O)C1(c2ccc(Br)cc2)CC1. The van der Waals surface area contributed by atoms with Gasteiger partial charge in [-0.3, -0.25) is 4.79 Å². The van der Waals surface area contributed by atoms with Gasteiger partial charge in [0.15, 0.2) is 0 Å². The molecule has 4 nitrogen and oxygen atoms in total. The van der Waals surface area contributed by atoms with E-state index in [1.165, 1.54) is 0 Å². The van der Waals surface area contributed by atoms with Crippen LogP contribution in [0.25, 0.3) is 0 Å². The minimum Gasteiger partial charge on any atom is -0.388 e. The molecule has 116 valence electrons. The quantitative estimate of drug-likeness (QED) is 0.789. The van der Waals surface area contributed by atoms with Gasteiger partial charge >= 0.3 is 0 Å². The van der Waals surface area contributed by atoms with Gasteiger partial charge in [0, 0.05) is 31.2 Å². The second-order valence-electron chi connectivity index (χ2n) is 6.01. The van der Waals surface area contributed by atoms with Crippen molar-refractivity contribution < 1.29 is 14.6 Å². The number of ether oxygens (including phenoxy) is 1. The van der Waals surface area contributed by atoms with Gasteiger partial charge < -0.3 is 15.2 Å². The zero-order chi connectivity index (χ0) is 15.5. The summed E-state index contributed by atoms with van der Waals surface area (Å²) in [6.45, 7) is 2.43. The van der Waals surface area contributed by atoms with E-state index < -0.39 is 11.0 Å². The molecule has 0 radical (unpaired) electrons. The molecule has 1 aromatic carbocycles. The average Bonchev–Trinajstić information content (AvgIpc) is 3.25. The van der Waals surface area contributed by atoms with Gasteiger partial charge in [0.05, 0.1) is 11.0 Å². The van der Waals surface area contributed by atoms with E-state index in [0.717, 1.165) is 22.9 Å². The van der Waals surface area contributed by atoms with Crippen LogP contribution in [0.4, 0.5) is 0 Å². The third-order valence-corrected chi connectivity index (χ3v) is 4.58. The first-order valence-corrected chi connectivity index (χ1v) is 7.95. The van der Waals surface area contributed by atoms with Gasteiger partial charge in [-0.15, -0.1) is 0 Å². The van der Waals surface area contributed by atoms with Crippen LogP contribution in [-0.2, 0) is 14.9 Å².